The number of rotatable bonds is 1. The molecule has 2 aromatic rings. The Labute approximate surface area is 101 Å². The Hall–Kier alpha value is -0.360. The molecule has 14 heavy (non-hydrogen) atoms. The van der Waals surface area contributed by atoms with Crippen molar-refractivity contribution < 1.29 is 0 Å². The zero-order chi connectivity index (χ0) is 10.3. The number of nitrogens with zero attached hydrogens (tertiary/aromatic N) is 3. The van der Waals surface area contributed by atoms with Crippen LogP contribution < -0.4 is 0 Å². The van der Waals surface area contributed by atoms with E-state index in [1.54, 1.807) is 12.4 Å². The summed E-state index contributed by atoms with van der Waals surface area (Å²) in [7, 11) is 0. The number of aromatic nitrogens is 3. The summed E-state index contributed by atoms with van der Waals surface area (Å²) in [5, 5.41) is 0.494. The van der Waals surface area contributed by atoms with E-state index in [-0.39, 0.29) is 0 Å². The second kappa shape index (κ2) is 3.66. The lowest BCUT2D eigenvalue weighted by Gasteiger charge is -2.03. The molecule has 0 N–H and O–H groups in total. The van der Waals surface area contributed by atoms with Crippen molar-refractivity contribution in [3.8, 4) is 0 Å². The average molecular weight is 322 g/mol. The molecule has 0 aromatic carbocycles. The van der Waals surface area contributed by atoms with Gasteiger partial charge in [-0.25, -0.2) is 9.97 Å². The molecule has 74 valence electrons. The third-order valence-electron chi connectivity index (χ3n) is 1.99. The molecule has 0 aliphatic carbocycles. The Balaban J connectivity index is 2.79. The van der Waals surface area contributed by atoms with Gasteiger partial charge < -0.3 is 0 Å². The van der Waals surface area contributed by atoms with Crippen LogP contribution >= 0.6 is 34.2 Å². The van der Waals surface area contributed by atoms with Crippen LogP contribution in [0.15, 0.2) is 12.4 Å². The minimum Gasteiger partial charge on any atom is -0.298 e. The van der Waals surface area contributed by atoms with E-state index in [1.165, 1.54) is 0 Å². The predicted octanol–water partition coefficient (Wildman–Crippen LogP) is 3.11. The highest BCUT2D eigenvalue weighted by Gasteiger charge is 2.12. The number of hydrogen-bond acceptors (Lipinski definition) is 2. The van der Waals surface area contributed by atoms with Crippen LogP contribution in [0.25, 0.3) is 5.52 Å². The van der Waals surface area contributed by atoms with E-state index in [4.69, 9.17) is 11.6 Å². The van der Waals surface area contributed by atoms with Crippen LogP contribution in [0.4, 0.5) is 0 Å². The van der Waals surface area contributed by atoms with E-state index in [1.807, 2.05) is 4.40 Å². The summed E-state index contributed by atoms with van der Waals surface area (Å²) < 4.78 is 2.97. The number of halogens is 2. The van der Waals surface area contributed by atoms with Crippen molar-refractivity contribution in [2.75, 3.05) is 0 Å². The van der Waals surface area contributed by atoms with Gasteiger partial charge in [-0.1, -0.05) is 25.4 Å². The summed E-state index contributed by atoms with van der Waals surface area (Å²) in [6, 6.07) is 0. The number of hydrogen-bond donors (Lipinski definition) is 0. The molecule has 0 unspecified atom stereocenters. The molecule has 0 fully saturated rings. The van der Waals surface area contributed by atoms with Gasteiger partial charge in [0.1, 0.15) is 14.7 Å². The Kier molecular flexibility index (Phi) is 2.66. The van der Waals surface area contributed by atoms with Gasteiger partial charge in [-0.3, -0.25) is 4.40 Å². The largest absolute Gasteiger partial charge is 0.298 e. The summed E-state index contributed by atoms with van der Waals surface area (Å²) in [6.45, 7) is 4.22. The van der Waals surface area contributed by atoms with Gasteiger partial charge >= 0.3 is 0 Å². The first-order valence-corrected chi connectivity index (χ1v) is 5.74. The molecule has 0 amide bonds. The highest BCUT2D eigenvalue weighted by atomic mass is 127. The van der Waals surface area contributed by atoms with Crippen molar-refractivity contribution in [1.82, 2.24) is 14.4 Å². The minimum atomic E-state index is 0.379. The minimum absolute atomic E-state index is 0.379. The first kappa shape index (κ1) is 10.2. The summed E-state index contributed by atoms with van der Waals surface area (Å²) in [5.74, 6) is 1.40. The monoisotopic (exact) mass is 321 g/mol. The predicted molar refractivity (Wildman–Crippen MR) is 64.8 cm³/mol. The quantitative estimate of drug-likeness (QED) is 0.756. The topological polar surface area (TPSA) is 30.2 Å². The Morgan fingerprint density at radius 3 is 2.86 bits per heavy atom. The third kappa shape index (κ3) is 1.61. The zero-order valence-electron chi connectivity index (χ0n) is 7.83. The van der Waals surface area contributed by atoms with Gasteiger partial charge in [-0.15, -0.1) is 0 Å². The van der Waals surface area contributed by atoms with Crippen LogP contribution in [0.3, 0.4) is 0 Å². The lowest BCUT2D eigenvalue weighted by atomic mass is 10.2. The maximum atomic E-state index is 5.84. The smallest absolute Gasteiger partial charge is 0.145 e. The van der Waals surface area contributed by atoms with Gasteiger partial charge in [-0.2, -0.15) is 0 Å². The maximum absolute atomic E-state index is 5.84. The fourth-order valence-corrected chi connectivity index (χ4v) is 2.15. The fourth-order valence-electron chi connectivity index (χ4n) is 1.36. The highest BCUT2D eigenvalue weighted by molar-refractivity contribution is 14.1. The van der Waals surface area contributed by atoms with Crippen LogP contribution in [-0.2, 0) is 0 Å². The van der Waals surface area contributed by atoms with Crippen LogP contribution in [-0.4, -0.2) is 14.4 Å². The standard InChI is InChI=1S/C9H9ClIN3/c1-5(2)9-13-8(11)6-3-12-7(10)4-14(6)9/h3-5H,1-2H3. The van der Waals surface area contributed by atoms with Crippen molar-refractivity contribution in [2.45, 2.75) is 19.8 Å². The van der Waals surface area contributed by atoms with Crippen LogP contribution in [0, 0.1) is 3.70 Å². The molecule has 2 rings (SSSR count). The van der Waals surface area contributed by atoms with Crippen LogP contribution in [0.1, 0.15) is 25.6 Å². The van der Waals surface area contributed by atoms with Crippen molar-refractivity contribution in [1.29, 1.82) is 0 Å². The van der Waals surface area contributed by atoms with Gasteiger partial charge in [0.25, 0.3) is 0 Å². The van der Waals surface area contributed by atoms with E-state index < -0.39 is 0 Å². The summed E-state index contributed by atoms with van der Waals surface area (Å²) in [5.41, 5.74) is 1.01. The third-order valence-corrected chi connectivity index (χ3v) is 2.98. The van der Waals surface area contributed by atoms with Crippen molar-refractivity contribution in [3.05, 3.63) is 27.1 Å². The molecule has 2 aromatic heterocycles. The van der Waals surface area contributed by atoms with E-state index in [2.05, 4.69) is 46.4 Å². The molecule has 0 saturated carbocycles. The molecule has 0 atom stereocenters. The molecule has 0 bridgehead atoms. The second-order valence-electron chi connectivity index (χ2n) is 3.38. The molecule has 2 heterocycles. The van der Waals surface area contributed by atoms with Gasteiger partial charge in [0.2, 0.25) is 0 Å². The number of imidazole rings is 1. The lowest BCUT2D eigenvalue weighted by molar-refractivity contribution is 0.767. The molecular formula is C9H9ClIN3. The van der Waals surface area contributed by atoms with Crippen molar-refractivity contribution in [2.24, 2.45) is 0 Å². The molecule has 5 heteroatoms. The van der Waals surface area contributed by atoms with Gasteiger partial charge in [0.15, 0.2) is 0 Å². The van der Waals surface area contributed by atoms with Crippen LogP contribution in [0.2, 0.25) is 5.15 Å². The van der Waals surface area contributed by atoms with E-state index in [9.17, 15) is 0 Å². The molecule has 0 aliphatic heterocycles. The molecular weight excluding hydrogens is 312 g/mol. The molecule has 0 saturated heterocycles. The van der Waals surface area contributed by atoms with Crippen molar-refractivity contribution in [3.63, 3.8) is 0 Å². The highest BCUT2D eigenvalue weighted by Crippen LogP contribution is 2.21. The van der Waals surface area contributed by atoms with Crippen LogP contribution in [0.5, 0.6) is 0 Å². The maximum Gasteiger partial charge on any atom is 0.145 e. The Bertz CT molecular complexity index is 478. The first-order valence-electron chi connectivity index (χ1n) is 4.28. The SMILES string of the molecule is CC(C)c1nc(I)c2cnc(Cl)cn12. The molecule has 0 spiro atoms. The average Bonchev–Trinajstić information content (AvgIpc) is 2.43. The Morgan fingerprint density at radius 1 is 1.50 bits per heavy atom. The van der Waals surface area contributed by atoms with Gasteiger partial charge in [0, 0.05) is 12.1 Å². The van der Waals surface area contributed by atoms with Gasteiger partial charge in [-0.05, 0) is 22.6 Å². The molecule has 0 radical (unpaired) electrons. The number of fused-ring (bicyclic) bond motifs is 1. The fraction of sp³-hybridized carbons (Fsp3) is 0.333. The van der Waals surface area contributed by atoms with E-state index in [0.29, 0.717) is 11.1 Å². The first-order chi connectivity index (χ1) is 6.59. The van der Waals surface area contributed by atoms with E-state index >= 15 is 0 Å². The summed E-state index contributed by atoms with van der Waals surface area (Å²) in [6.07, 6.45) is 3.56. The summed E-state index contributed by atoms with van der Waals surface area (Å²) in [4.78, 5) is 8.52. The zero-order valence-corrected chi connectivity index (χ0v) is 10.7. The molecule has 3 nitrogen and oxygen atoms in total. The summed E-state index contributed by atoms with van der Waals surface area (Å²) >= 11 is 8.05. The lowest BCUT2D eigenvalue weighted by Crippen LogP contribution is -1.97. The Morgan fingerprint density at radius 2 is 2.21 bits per heavy atom. The molecule has 0 aliphatic rings. The normalized spacial score (nSPS) is 11.5. The van der Waals surface area contributed by atoms with E-state index in [0.717, 1.165) is 15.0 Å². The second-order valence-corrected chi connectivity index (χ2v) is 4.79. The van der Waals surface area contributed by atoms with Gasteiger partial charge in [0.05, 0.1) is 11.7 Å². The van der Waals surface area contributed by atoms with Crippen molar-refractivity contribution >= 4 is 39.7 Å².